The molecule has 0 radical (unpaired) electrons. The van der Waals surface area contributed by atoms with E-state index in [1.807, 2.05) is 0 Å². The molecule has 0 heterocycles. The third kappa shape index (κ3) is 9.71. The number of benzene rings is 2. The molecule has 0 aliphatic heterocycles. The van der Waals surface area contributed by atoms with Crippen molar-refractivity contribution in [2.24, 2.45) is 11.8 Å². The van der Waals surface area contributed by atoms with Crippen LogP contribution in [-0.2, 0) is 25.5 Å². The number of aryl methyl sites for hydroxylation is 1. The van der Waals surface area contributed by atoms with Gasteiger partial charge in [-0.05, 0) is 93.4 Å². The molecule has 1 aliphatic carbocycles. The second-order valence-electron chi connectivity index (χ2n) is 12.2. The zero-order valence-corrected chi connectivity index (χ0v) is 25.4. The van der Waals surface area contributed by atoms with E-state index in [-0.39, 0.29) is 30.6 Å². The van der Waals surface area contributed by atoms with Crippen LogP contribution in [0.4, 0.5) is 0 Å². The Balaban J connectivity index is 1.58. The van der Waals surface area contributed by atoms with E-state index in [9.17, 15) is 14.7 Å². The van der Waals surface area contributed by atoms with E-state index in [1.165, 1.54) is 55.4 Å². The molecule has 1 atom stereocenters. The lowest BCUT2D eigenvalue weighted by Crippen LogP contribution is -2.33. The summed E-state index contributed by atoms with van der Waals surface area (Å²) in [4.78, 5) is 24.5. The summed E-state index contributed by atoms with van der Waals surface area (Å²) in [6.07, 6.45) is 8.85. The maximum absolute atomic E-state index is 12.5. The van der Waals surface area contributed by atoms with E-state index >= 15 is 0 Å². The molecule has 1 N–H and O–H groups in total. The summed E-state index contributed by atoms with van der Waals surface area (Å²) in [6.45, 7) is 14.5. The maximum atomic E-state index is 12.5. The summed E-state index contributed by atoms with van der Waals surface area (Å²) in [5.41, 5.74) is 4.22. The fourth-order valence-electron chi connectivity index (χ4n) is 5.46. The topological polar surface area (TPSA) is 72.8 Å². The minimum Gasteiger partial charge on any atom is -0.462 e. The first-order valence-electron chi connectivity index (χ1n) is 15.1. The van der Waals surface area contributed by atoms with Crippen molar-refractivity contribution in [1.29, 1.82) is 0 Å². The number of carbonyl (C=O) groups excluding carboxylic acids is 2. The summed E-state index contributed by atoms with van der Waals surface area (Å²) >= 11 is 0. The van der Waals surface area contributed by atoms with Crippen molar-refractivity contribution in [2.45, 2.75) is 90.6 Å². The van der Waals surface area contributed by atoms with Crippen molar-refractivity contribution in [1.82, 2.24) is 0 Å². The predicted octanol–water partition coefficient (Wildman–Crippen LogP) is 7.97. The molecule has 0 aromatic heterocycles. The Kier molecular flexibility index (Phi) is 12.0. The lowest BCUT2D eigenvalue weighted by Gasteiger charge is -2.34. The van der Waals surface area contributed by atoms with Gasteiger partial charge in [-0.25, -0.2) is 9.59 Å². The van der Waals surface area contributed by atoms with Gasteiger partial charge in [0.1, 0.15) is 0 Å². The lowest BCUT2D eigenvalue weighted by molar-refractivity contribution is -0.147. The van der Waals surface area contributed by atoms with Gasteiger partial charge in [-0.15, -0.1) is 0 Å². The molecule has 222 valence electrons. The molecule has 0 spiro atoms. The zero-order valence-electron chi connectivity index (χ0n) is 25.4. The van der Waals surface area contributed by atoms with E-state index in [0.29, 0.717) is 11.5 Å². The van der Waals surface area contributed by atoms with E-state index in [0.717, 1.165) is 32.1 Å². The molecule has 3 rings (SSSR count). The number of hydrogen-bond acceptors (Lipinski definition) is 5. The number of ether oxygens (including phenoxy) is 2. The second kappa shape index (κ2) is 15.2. The van der Waals surface area contributed by atoms with Gasteiger partial charge < -0.3 is 14.6 Å². The first kappa shape index (κ1) is 32.3. The SMILES string of the molecule is C=C(C)C(=O)OCC(COC(=O)C(=C)C(C)(C)O)C1CCC(c2ccc(-c3ccc(CCCCC)cc3)cc2)CC1. The number of unbranched alkanes of at least 4 members (excludes halogenated alkanes) is 2. The largest absolute Gasteiger partial charge is 0.462 e. The number of aliphatic hydroxyl groups is 1. The summed E-state index contributed by atoms with van der Waals surface area (Å²) < 4.78 is 11.0. The highest BCUT2D eigenvalue weighted by molar-refractivity contribution is 5.89. The van der Waals surface area contributed by atoms with Crippen LogP contribution in [0.2, 0.25) is 0 Å². The van der Waals surface area contributed by atoms with Gasteiger partial charge in [0.25, 0.3) is 0 Å². The van der Waals surface area contributed by atoms with E-state index in [4.69, 9.17) is 9.47 Å². The molecule has 2 aromatic carbocycles. The van der Waals surface area contributed by atoms with Crippen LogP contribution >= 0.6 is 0 Å². The Labute approximate surface area is 246 Å². The van der Waals surface area contributed by atoms with Crippen LogP contribution in [0.1, 0.15) is 89.7 Å². The molecule has 0 bridgehead atoms. The van der Waals surface area contributed by atoms with Gasteiger partial charge in [-0.1, -0.05) is 81.5 Å². The van der Waals surface area contributed by atoms with Crippen molar-refractivity contribution in [3.8, 4) is 11.1 Å². The average Bonchev–Trinajstić information content (AvgIpc) is 2.96. The second-order valence-corrected chi connectivity index (χ2v) is 12.2. The molecule has 0 saturated heterocycles. The third-order valence-electron chi connectivity index (χ3n) is 8.37. The molecule has 41 heavy (non-hydrogen) atoms. The molecule has 0 amide bonds. The number of hydrogen-bond donors (Lipinski definition) is 1. The molecule has 2 aromatic rings. The van der Waals surface area contributed by atoms with E-state index < -0.39 is 17.5 Å². The van der Waals surface area contributed by atoms with Crippen molar-refractivity contribution in [2.75, 3.05) is 13.2 Å². The number of esters is 2. The van der Waals surface area contributed by atoms with Crippen LogP contribution in [0.3, 0.4) is 0 Å². The Hall–Kier alpha value is -3.18. The maximum Gasteiger partial charge on any atom is 0.336 e. The molecule has 5 nitrogen and oxygen atoms in total. The summed E-state index contributed by atoms with van der Waals surface area (Å²) in [7, 11) is 0. The first-order chi connectivity index (χ1) is 19.5. The van der Waals surface area contributed by atoms with Crippen molar-refractivity contribution in [3.05, 3.63) is 84.0 Å². The standard InChI is InChI=1S/C36H48O5/c1-7-8-9-10-27-11-13-28(14-12-27)29-15-17-30(18-16-29)31-19-21-32(22-20-31)33(23-40-34(37)25(2)3)24-41-35(38)26(4)36(5,6)39/h11-18,31-33,39H,2,4,7-10,19-24H2,1,3,5-6H3. The van der Waals surface area contributed by atoms with E-state index in [1.54, 1.807) is 6.92 Å². The zero-order chi connectivity index (χ0) is 30.0. The van der Waals surface area contributed by atoms with Gasteiger partial charge in [0.15, 0.2) is 0 Å². The molecule has 1 unspecified atom stereocenters. The molecule has 1 saturated carbocycles. The van der Waals surface area contributed by atoms with Crippen LogP contribution in [0.5, 0.6) is 0 Å². The van der Waals surface area contributed by atoms with Gasteiger partial charge in [0, 0.05) is 11.5 Å². The fourth-order valence-corrected chi connectivity index (χ4v) is 5.46. The van der Waals surface area contributed by atoms with Crippen LogP contribution in [0.25, 0.3) is 11.1 Å². The molecule has 5 heteroatoms. The summed E-state index contributed by atoms with van der Waals surface area (Å²) in [5.74, 6) is -0.485. The van der Waals surface area contributed by atoms with Crippen LogP contribution in [-0.4, -0.2) is 35.9 Å². The highest BCUT2D eigenvalue weighted by atomic mass is 16.5. The normalized spacial score (nSPS) is 17.9. The smallest absolute Gasteiger partial charge is 0.336 e. The van der Waals surface area contributed by atoms with Gasteiger partial charge >= 0.3 is 11.9 Å². The van der Waals surface area contributed by atoms with Crippen LogP contribution < -0.4 is 0 Å². The predicted molar refractivity (Wildman–Crippen MR) is 165 cm³/mol. The van der Waals surface area contributed by atoms with Gasteiger partial charge in [-0.2, -0.15) is 0 Å². The highest BCUT2D eigenvalue weighted by Gasteiger charge is 2.32. The Morgan fingerprint density at radius 2 is 1.41 bits per heavy atom. The lowest BCUT2D eigenvalue weighted by atomic mass is 9.74. The fraction of sp³-hybridized carbons (Fsp3) is 0.500. The molecular weight excluding hydrogens is 512 g/mol. The molecular formula is C36H48O5. The molecule has 1 fully saturated rings. The minimum absolute atomic E-state index is 0.00486. The van der Waals surface area contributed by atoms with Crippen molar-refractivity contribution < 1.29 is 24.2 Å². The Morgan fingerprint density at radius 1 is 0.878 bits per heavy atom. The summed E-state index contributed by atoms with van der Waals surface area (Å²) in [6, 6.07) is 17.9. The van der Waals surface area contributed by atoms with E-state index in [2.05, 4.69) is 68.6 Å². The molecule has 1 aliphatic rings. The van der Waals surface area contributed by atoms with Gasteiger partial charge in [-0.3, -0.25) is 0 Å². The van der Waals surface area contributed by atoms with Crippen LogP contribution in [0.15, 0.2) is 72.8 Å². The Bertz CT molecular complexity index is 1160. The van der Waals surface area contributed by atoms with Crippen LogP contribution in [0, 0.1) is 11.8 Å². The number of rotatable bonds is 14. The number of carbonyl (C=O) groups is 2. The van der Waals surface area contributed by atoms with Gasteiger partial charge in [0.05, 0.1) is 24.4 Å². The minimum atomic E-state index is -1.36. The summed E-state index contributed by atoms with van der Waals surface area (Å²) in [5, 5.41) is 10.1. The van der Waals surface area contributed by atoms with Crippen molar-refractivity contribution >= 4 is 11.9 Å². The van der Waals surface area contributed by atoms with Crippen molar-refractivity contribution in [3.63, 3.8) is 0 Å². The quantitative estimate of drug-likeness (QED) is 0.144. The monoisotopic (exact) mass is 560 g/mol. The third-order valence-corrected chi connectivity index (χ3v) is 8.37. The average molecular weight is 561 g/mol. The Morgan fingerprint density at radius 3 is 1.93 bits per heavy atom. The highest BCUT2D eigenvalue weighted by Crippen LogP contribution is 2.39. The van der Waals surface area contributed by atoms with Gasteiger partial charge in [0.2, 0.25) is 0 Å². The first-order valence-corrected chi connectivity index (χ1v) is 15.1.